The summed E-state index contributed by atoms with van der Waals surface area (Å²) in [6.45, 7) is 2.02. The lowest BCUT2D eigenvalue weighted by Crippen LogP contribution is -2.34. The minimum absolute atomic E-state index is 0.154. The van der Waals surface area contributed by atoms with Gasteiger partial charge in [-0.1, -0.05) is 53.0 Å². The Hall–Kier alpha value is -2.41. The number of halogens is 3. The average molecular weight is 513 g/mol. The molecule has 0 bridgehead atoms. The fourth-order valence-corrected chi connectivity index (χ4v) is 4.91. The molecule has 0 radical (unpaired) electrons. The molecule has 2 aromatic carbocycles. The molecular weight excluding hydrogens is 489 g/mol. The molecule has 0 spiro atoms. The number of methoxy groups -OCH3 is 2. The number of hydrogen-bond acceptors (Lipinski definition) is 5. The summed E-state index contributed by atoms with van der Waals surface area (Å²) in [6, 6.07) is 7.95. The number of hydrogen-bond donors (Lipinski definition) is 1. The van der Waals surface area contributed by atoms with Crippen LogP contribution in [0.3, 0.4) is 0 Å². The van der Waals surface area contributed by atoms with E-state index in [2.05, 4.69) is 5.32 Å². The van der Waals surface area contributed by atoms with Crippen molar-refractivity contribution in [2.75, 3.05) is 20.8 Å². The summed E-state index contributed by atoms with van der Waals surface area (Å²) >= 11 is 18.3. The van der Waals surface area contributed by atoms with Crippen LogP contribution in [0.1, 0.15) is 35.2 Å². The number of carbonyl (C=O) groups excluding carboxylic acids is 2. The molecule has 6 nitrogen and oxygen atoms in total. The van der Waals surface area contributed by atoms with Crippen molar-refractivity contribution < 1.29 is 23.8 Å². The Labute approximate surface area is 207 Å². The highest BCUT2D eigenvalue weighted by Gasteiger charge is 2.35. The zero-order valence-corrected chi connectivity index (χ0v) is 20.6. The lowest BCUT2D eigenvalue weighted by molar-refractivity contribution is -0.146. The van der Waals surface area contributed by atoms with Gasteiger partial charge >= 0.3 is 5.97 Å². The second-order valence-electron chi connectivity index (χ2n) is 7.45. The predicted octanol–water partition coefficient (Wildman–Crippen LogP) is 5.69. The number of ether oxygens (including phenoxy) is 3. The summed E-state index contributed by atoms with van der Waals surface area (Å²) in [4.78, 5) is 25.7. The van der Waals surface area contributed by atoms with Gasteiger partial charge in [-0.3, -0.25) is 9.59 Å². The maximum atomic E-state index is 12.9. The molecule has 1 aliphatic carbocycles. The van der Waals surface area contributed by atoms with Crippen LogP contribution in [-0.2, 0) is 9.53 Å². The van der Waals surface area contributed by atoms with Crippen LogP contribution in [-0.4, -0.2) is 38.7 Å². The molecule has 3 rings (SSSR count). The van der Waals surface area contributed by atoms with Gasteiger partial charge in [-0.2, -0.15) is 0 Å². The van der Waals surface area contributed by atoms with Gasteiger partial charge in [0.25, 0.3) is 5.91 Å². The fraction of sp³-hybridized carbons (Fsp3) is 0.333. The van der Waals surface area contributed by atoms with Crippen molar-refractivity contribution >= 4 is 46.7 Å². The Kier molecular flexibility index (Phi) is 8.51. The van der Waals surface area contributed by atoms with Gasteiger partial charge in [0.2, 0.25) is 0 Å². The Morgan fingerprint density at radius 1 is 1.03 bits per heavy atom. The summed E-state index contributed by atoms with van der Waals surface area (Å²) in [5.41, 5.74) is 0.887. The third-order valence-corrected chi connectivity index (χ3v) is 6.22. The van der Waals surface area contributed by atoms with Gasteiger partial charge < -0.3 is 19.5 Å². The molecule has 33 heavy (non-hydrogen) atoms. The minimum Gasteiger partial charge on any atom is -0.493 e. The van der Waals surface area contributed by atoms with E-state index < -0.39 is 11.8 Å². The second-order valence-corrected chi connectivity index (χ2v) is 8.70. The van der Waals surface area contributed by atoms with E-state index in [0.717, 1.165) is 5.56 Å². The highest BCUT2D eigenvalue weighted by atomic mass is 35.5. The molecule has 0 aromatic heterocycles. The van der Waals surface area contributed by atoms with Crippen molar-refractivity contribution in [3.05, 3.63) is 68.7 Å². The summed E-state index contributed by atoms with van der Waals surface area (Å²) in [5, 5.41) is 3.58. The monoisotopic (exact) mass is 511 g/mol. The van der Waals surface area contributed by atoms with Gasteiger partial charge in [0.15, 0.2) is 11.5 Å². The van der Waals surface area contributed by atoms with Crippen LogP contribution in [0.2, 0.25) is 15.1 Å². The molecule has 3 atom stereocenters. The number of carbonyl (C=O) groups is 2. The van der Waals surface area contributed by atoms with Gasteiger partial charge in [0.05, 0.1) is 42.4 Å². The Morgan fingerprint density at radius 2 is 1.70 bits per heavy atom. The molecule has 1 N–H and O–H groups in total. The topological polar surface area (TPSA) is 73.9 Å². The summed E-state index contributed by atoms with van der Waals surface area (Å²) in [7, 11) is 3.08. The first-order valence-corrected chi connectivity index (χ1v) is 11.4. The van der Waals surface area contributed by atoms with Crippen LogP contribution in [0.25, 0.3) is 0 Å². The quantitative estimate of drug-likeness (QED) is 0.363. The molecule has 2 aromatic rings. The van der Waals surface area contributed by atoms with Gasteiger partial charge in [-0.05, 0) is 49.1 Å². The molecule has 1 amide bonds. The zero-order valence-electron chi connectivity index (χ0n) is 18.4. The molecule has 0 saturated carbocycles. The lowest BCUT2D eigenvalue weighted by Gasteiger charge is -2.23. The predicted molar refractivity (Wildman–Crippen MR) is 129 cm³/mol. The summed E-state index contributed by atoms with van der Waals surface area (Å²) in [5.74, 6) is -0.476. The van der Waals surface area contributed by atoms with Gasteiger partial charge in [-0.25, -0.2) is 0 Å². The number of benzene rings is 2. The van der Waals surface area contributed by atoms with E-state index in [-0.39, 0.29) is 40.1 Å². The fourth-order valence-electron chi connectivity index (χ4n) is 3.92. The maximum Gasteiger partial charge on any atom is 0.314 e. The summed E-state index contributed by atoms with van der Waals surface area (Å²) in [6.07, 6.45) is 4.26. The Bertz CT molecular complexity index is 1050. The minimum atomic E-state index is -0.578. The van der Waals surface area contributed by atoms with Gasteiger partial charge in [-0.15, -0.1) is 0 Å². The highest BCUT2D eigenvalue weighted by molar-refractivity contribution is 6.42. The van der Waals surface area contributed by atoms with Crippen LogP contribution >= 0.6 is 34.8 Å². The second kappa shape index (κ2) is 11.1. The summed E-state index contributed by atoms with van der Waals surface area (Å²) < 4.78 is 16.0. The van der Waals surface area contributed by atoms with E-state index in [1.165, 1.54) is 19.2 Å². The number of esters is 1. The molecule has 9 heteroatoms. The third kappa shape index (κ3) is 5.75. The number of amides is 1. The Balaban J connectivity index is 1.81. The van der Waals surface area contributed by atoms with Crippen molar-refractivity contribution in [2.45, 2.75) is 25.3 Å². The molecule has 0 saturated heterocycles. The molecule has 0 heterocycles. The first-order valence-electron chi connectivity index (χ1n) is 10.3. The van der Waals surface area contributed by atoms with E-state index in [4.69, 9.17) is 49.0 Å². The largest absolute Gasteiger partial charge is 0.493 e. The van der Waals surface area contributed by atoms with Crippen LogP contribution in [0.15, 0.2) is 42.5 Å². The van der Waals surface area contributed by atoms with Gasteiger partial charge in [0.1, 0.15) is 0 Å². The van der Waals surface area contributed by atoms with Crippen LogP contribution in [0, 0.1) is 5.92 Å². The maximum absolute atomic E-state index is 12.9. The van der Waals surface area contributed by atoms with Crippen molar-refractivity contribution in [3.8, 4) is 11.5 Å². The van der Waals surface area contributed by atoms with E-state index in [9.17, 15) is 9.59 Å². The zero-order chi connectivity index (χ0) is 24.1. The smallest absolute Gasteiger partial charge is 0.314 e. The van der Waals surface area contributed by atoms with Crippen LogP contribution in [0.4, 0.5) is 0 Å². The number of nitrogens with one attached hydrogen (secondary N) is 1. The third-order valence-electron chi connectivity index (χ3n) is 5.40. The van der Waals surface area contributed by atoms with E-state index in [1.54, 1.807) is 26.2 Å². The first-order chi connectivity index (χ1) is 15.8. The van der Waals surface area contributed by atoms with E-state index in [1.807, 2.05) is 18.2 Å². The molecule has 1 aliphatic rings. The molecule has 3 unspecified atom stereocenters. The van der Waals surface area contributed by atoms with Crippen molar-refractivity contribution in [3.63, 3.8) is 0 Å². The Morgan fingerprint density at radius 3 is 2.30 bits per heavy atom. The average Bonchev–Trinajstić information content (AvgIpc) is 3.20. The molecule has 0 fully saturated rings. The van der Waals surface area contributed by atoms with Crippen molar-refractivity contribution in [2.24, 2.45) is 5.92 Å². The number of allylic oxidation sites excluding steroid dienone is 1. The van der Waals surface area contributed by atoms with E-state index in [0.29, 0.717) is 22.9 Å². The molecule has 176 valence electrons. The molecule has 0 aliphatic heterocycles. The van der Waals surface area contributed by atoms with Crippen LogP contribution in [0.5, 0.6) is 11.5 Å². The van der Waals surface area contributed by atoms with Crippen LogP contribution < -0.4 is 14.8 Å². The molecular formula is C24H24Cl3NO5. The first kappa shape index (κ1) is 25.2. The standard InChI is InChI=1S/C24H24Cl3NO5/c1-4-33-24(30)21(14-6-8-19(31-2)20(10-14)32-3)13-5-7-16(9-13)28-23(29)22-17(26)11-15(25)12-18(22)27/h5-8,10-13,16,21H,4,9H2,1-3H3,(H,28,29). The highest BCUT2D eigenvalue weighted by Crippen LogP contribution is 2.38. The van der Waals surface area contributed by atoms with Crippen molar-refractivity contribution in [1.29, 1.82) is 0 Å². The lowest BCUT2D eigenvalue weighted by atomic mass is 9.85. The van der Waals surface area contributed by atoms with Gasteiger partial charge in [0, 0.05) is 11.1 Å². The normalized spacial score (nSPS) is 18.0. The van der Waals surface area contributed by atoms with E-state index >= 15 is 0 Å². The SMILES string of the molecule is CCOC(=O)C(c1ccc(OC)c(OC)c1)C1C=CC(NC(=O)c2c(Cl)cc(Cl)cc2Cl)C1. The number of rotatable bonds is 8. The van der Waals surface area contributed by atoms with Crippen molar-refractivity contribution in [1.82, 2.24) is 5.32 Å².